The van der Waals surface area contributed by atoms with Gasteiger partial charge in [0.05, 0.1) is 0 Å². The van der Waals surface area contributed by atoms with Gasteiger partial charge in [-0.15, -0.1) is 0 Å². The van der Waals surface area contributed by atoms with Gasteiger partial charge in [0.2, 0.25) is 0 Å². The monoisotopic (exact) mass is 336 g/mol. The number of hydrogen-bond acceptors (Lipinski definition) is 2. The Morgan fingerprint density at radius 3 is 1.08 bits per heavy atom. The summed E-state index contributed by atoms with van der Waals surface area (Å²) < 4.78 is 0. The summed E-state index contributed by atoms with van der Waals surface area (Å²) in [6.45, 7) is 11.9. The molecule has 0 aliphatic heterocycles. The first-order chi connectivity index (χ1) is 11.5. The standard InChI is InChI=1S/C22H44N2/c1-6-15-10-19(11-16(7-2)21(15)23)14(5)20-12-17(8-3)22(24)18(9-4)13-20/h14-22H,6-13,23-24H2,1-5H3. The SMILES string of the molecule is CCC1CC(C(C)C2CC(CC)C(N)C(CC)C2)CC(CC)C1N. The Morgan fingerprint density at radius 1 is 0.625 bits per heavy atom. The molecule has 4 unspecified atom stereocenters. The highest BCUT2D eigenvalue weighted by atomic mass is 14.7. The second-order valence-electron chi connectivity index (χ2n) is 9.15. The van der Waals surface area contributed by atoms with Crippen molar-refractivity contribution >= 4 is 0 Å². The van der Waals surface area contributed by atoms with Gasteiger partial charge in [-0.1, -0.05) is 60.3 Å². The third kappa shape index (κ3) is 4.18. The first kappa shape index (κ1) is 20.2. The molecular weight excluding hydrogens is 292 g/mol. The minimum absolute atomic E-state index is 0.440. The molecule has 2 heteroatoms. The van der Waals surface area contributed by atoms with Crippen molar-refractivity contribution in [3.8, 4) is 0 Å². The summed E-state index contributed by atoms with van der Waals surface area (Å²) in [5.41, 5.74) is 13.1. The summed E-state index contributed by atoms with van der Waals surface area (Å²) >= 11 is 0. The van der Waals surface area contributed by atoms with Crippen LogP contribution in [0.15, 0.2) is 0 Å². The van der Waals surface area contributed by atoms with E-state index in [0.29, 0.717) is 12.1 Å². The van der Waals surface area contributed by atoms with Crippen molar-refractivity contribution in [2.24, 2.45) is 52.9 Å². The average Bonchev–Trinajstić information content (AvgIpc) is 2.61. The summed E-state index contributed by atoms with van der Waals surface area (Å²) in [5.74, 6) is 5.58. The van der Waals surface area contributed by atoms with Gasteiger partial charge in [-0.05, 0) is 67.1 Å². The summed E-state index contributed by atoms with van der Waals surface area (Å²) in [7, 11) is 0. The normalized spacial score (nSPS) is 45.1. The second-order valence-corrected chi connectivity index (χ2v) is 9.15. The van der Waals surface area contributed by atoms with Crippen LogP contribution in [0.2, 0.25) is 0 Å². The molecule has 2 nitrogen and oxygen atoms in total. The molecule has 4 atom stereocenters. The van der Waals surface area contributed by atoms with Crippen molar-refractivity contribution in [3.05, 3.63) is 0 Å². The fraction of sp³-hybridized carbons (Fsp3) is 1.00. The van der Waals surface area contributed by atoms with Crippen LogP contribution in [0.3, 0.4) is 0 Å². The van der Waals surface area contributed by atoms with E-state index in [9.17, 15) is 0 Å². The van der Waals surface area contributed by atoms with Gasteiger partial charge in [-0.25, -0.2) is 0 Å². The molecule has 142 valence electrons. The lowest BCUT2D eigenvalue weighted by molar-refractivity contribution is 0.0493. The van der Waals surface area contributed by atoms with E-state index in [2.05, 4.69) is 34.6 Å². The van der Waals surface area contributed by atoms with Crippen LogP contribution in [0, 0.1) is 41.4 Å². The lowest BCUT2D eigenvalue weighted by Crippen LogP contribution is -2.47. The van der Waals surface area contributed by atoms with Crippen molar-refractivity contribution in [2.75, 3.05) is 0 Å². The van der Waals surface area contributed by atoms with Gasteiger partial charge in [0.15, 0.2) is 0 Å². The molecule has 2 aliphatic rings. The van der Waals surface area contributed by atoms with Crippen LogP contribution >= 0.6 is 0 Å². The van der Waals surface area contributed by atoms with Gasteiger partial charge in [0, 0.05) is 12.1 Å². The Morgan fingerprint density at radius 2 is 0.875 bits per heavy atom. The molecule has 0 heterocycles. The van der Waals surface area contributed by atoms with Crippen LogP contribution in [0.5, 0.6) is 0 Å². The Balaban J connectivity index is 2.07. The van der Waals surface area contributed by atoms with Crippen molar-refractivity contribution in [2.45, 2.75) is 98.1 Å². The lowest BCUT2D eigenvalue weighted by Gasteiger charge is -2.47. The fourth-order valence-electron chi connectivity index (χ4n) is 6.15. The molecular formula is C22H44N2. The third-order valence-corrected chi connectivity index (χ3v) is 8.18. The van der Waals surface area contributed by atoms with Crippen LogP contribution in [0.1, 0.15) is 86.0 Å². The highest BCUT2D eigenvalue weighted by Crippen LogP contribution is 2.47. The van der Waals surface area contributed by atoms with E-state index >= 15 is 0 Å². The highest BCUT2D eigenvalue weighted by molar-refractivity contribution is 4.94. The van der Waals surface area contributed by atoms with Gasteiger partial charge >= 0.3 is 0 Å². The zero-order valence-corrected chi connectivity index (χ0v) is 17.0. The molecule has 0 bridgehead atoms. The van der Waals surface area contributed by atoms with Crippen molar-refractivity contribution in [1.29, 1.82) is 0 Å². The van der Waals surface area contributed by atoms with Gasteiger partial charge in [0.1, 0.15) is 0 Å². The summed E-state index contributed by atoms with van der Waals surface area (Å²) in [6, 6.07) is 0.880. The first-order valence-electron chi connectivity index (χ1n) is 11.0. The van der Waals surface area contributed by atoms with E-state index in [1.807, 2.05) is 0 Å². The van der Waals surface area contributed by atoms with E-state index in [1.165, 1.54) is 51.4 Å². The maximum Gasteiger partial charge on any atom is 0.00956 e. The van der Waals surface area contributed by atoms with Crippen molar-refractivity contribution in [1.82, 2.24) is 0 Å². The second kappa shape index (κ2) is 9.03. The predicted molar refractivity (Wildman–Crippen MR) is 106 cm³/mol. The highest BCUT2D eigenvalue weighted by Gasteiger charge is 2.41. The summed E-state index contributed by atoms with van der Waals surface area (Å²) in [5, 5.41) is 0. The quantitative estimate of drug-likeness (QED) is 0.700. The van der Waals surface area contributed by atoms with Gasteiger partial charge < -0.3 is 11.5 Å². The molecule has 0 spiro atoms. The van der Waals surface area contributed by atoms with E-state index in [0.717, 1.165) is 41.4 Å². The largest absolute Gasteiger partial charge is 0.327 e. The van der Waals surface area contributed by atoms with Crippen LogP contribution in [0.25, 0.3) is 0 Å². The fourth-order valence-corrected chi connectivity index (χ4v) is 6.15. The average molecular weight is 337 g/mol. The molecule has 0 amide bonds. The van der Waals surface area contributed by atoms with E-state index in [4.69, 9.17) is 11.5 Å². The van der Waals surface area contributed by atoms with Crippen LogP contribution in [-0.2, 0) is 0 Å². The van der Waals surface area contributed by atoms with Crippen LogP contribution in [0.4, 0.5) is 0 Å². The molecule has 4 N–H and O–H groups in total. The Kier molecular flexibility index (Phi) is 7.61. The molecule has 0 saturated heterocycles. The van der Waals surface area contributed by atoms with Gasteiger partial charge in [-0.2, -0.15) is 0 Å². The minimum atomic E-state index is 0.440. The maximum absolute atomic E-state index is 6.57. The molecule has 0 aromatic carbocycles. The third-order valence-electron chi connectivity index (χ3n) is 8.18. The van der Waals surface area contributed by atoms with Crippen LogP contribution < -0.4 is 11.5 Å². The smallest absolute Gasteiger partial charge is 0.00956 e. The topological polar surface area (TPSA) is 52.0 Å². The minimum Gasteiger partial charge on any atom is -0.327 e. The lowest BCUT2D eigenvalue weighted by atomic mass is 9.60. The molecule has 0 aromatic rings. The molecule has 0 radical (unpaired) electrons. The molecule has 0 aromatic heterocycles. The Labute approximate surface area is 151 Å². The molecule has 2 rings (SSSR count). The van der Waals surface area contributed by atoms with Gasteiger partial charge in [0.25, 0.3) is 0 Å². The Bertz CT molecular complexity index is 307. The molecule has 24 heavy (non-hydrogen) atoms. The van der Waals surface area contributed by atoms with E-state index < -0.39 is 0 Å². The summed E-state index contributed by atoms with van der Waals surface area (Å²) in [4.78, 5) is 0. The molecule has 2 aliphatic carbocycles. The van der Waals surface area contributed by atoms with E-state index in [1.54, 1.807) is 0 Å². The number of nitrogens with two attached hydrogens (primary N) is 2. The van der Waals surface area contributed by atoms with Gasteiger partial charge in [-0.3, -0.25) is 0 Å². The van der Waals surface area contributed by atoms with Crippen molar-refractivity contribution in [3.63, 3.8) is 0 Å². The Hall–Kier alpha value is -0.0800. The number of hydrogen-bond donors (Lipinski definition) is 2. The van der Waals surface area contributed by atoms with Crippen LogP contribution in [-0.4, -0.2) is 12.1 Å². The number of rotatable bonds is 6. The zero-order valence-electron chi connectivity index (χ0n) is 17.0. The van der Waals surface area contributed by atoms with E-state index in [-0.39, 0.29) is 0 Å². The van der Waals surface area contributed by atoms with Crippen molar-refractivity contribution < 1.29 is 0 Å². The molecule has 2 saturated carbocycles. The zero-order chi connectivity index (χ0) is 17.9. The summed E-state index contributed by atoms with van der Waals surface area (Å²) in [6.07, 6.45) is 10.5. The first-order valence-corrected chi connectivity index (χ1v) is 11.0. The predicted octanol–water partition coefficient (Wildman–Crippen LogP) is 5.20. The maximum atomic E-state index is 6.57. The molecule has 2 fully saturated rings.